The van der Waals surface area contributed by atoms with Crippen molar-refractivity contribution >= 4 is 49.1 Å². The molecule has 0 aromatic heterocycles. The number of anilines is 1. The molecule has 0 aliphatic rings. The van der Waals surface area contributed by atoms with Crippen molar-refractivity contribution in [2.45, 2.75) is 24.0 Å². The fourth-order valence-electron chi connectivity index (χ4n) is 2.04. The lowest BCUT2D eigenvalue weighted by Crippen LogP contribution is -2.41. The molecule has 1 unspecified atom stereocenters. The van der Waals surface area contributed by atoms with Gasteiger partial charge >= 0.3 is 6.18 Å². The molecule has 0 bridgehead atoms. The number of rotatable bonds is 5. The zero-order valence-electron chi connectivity index (χ0n) is 13.6. The molecule has 2 aromatic carbocycles. The normalized spacial score (nSPS) is 13.3. The molecular formula is C16H13BrClF3N2O3S. The number of amides is 1. The Bertz CT molecular complexity index is 950. The molecule has 0 heterocycles. The van der Waals surface area contributed by atoms with Gasteiger partial charge in [-0.2, -0.15) is 17.9 Å². The molecule has 0 aliphatic heterocycles. The number of carbonyl (C=O) groups is 1. The Hall–Kier alpha value is -1.62. The van der Waals surface area contributed by atoms with Crippen molar-refractivity contribution in [3.8, 4) is 0 Å². The number of carbonyl (C=O) groups excluding carboxylic acids is 1. The maximum atomic E-state index is 12.9. The first-order valence-electron chi connectivity index (χ1n) is 7.35. The van der Waals surface area contributed by atoms with E-state index in [1.807, 2.05) is 0 Å². The van der Waals surface area contributed by atoms with E-state index in [0.29, 0.717) is 10.5 Å². The molecule has 2 N–H and O–H groups in total. The fourth-order valence-corrected chi connectivity index (χ4v) is 3.73. The van der Waals surface area contributed by atoms with Gasteiger partial charge in [0.05, 0.1) is 21.5 Å². The molecule has 0 aliphatic carbocycles. The van der Waals surface area contributed by atoms with Gasteiger partial charge in [0, 0.05) is 10.2 Å². The molecule has 0 spiro atoms. The number of alkyl halides is 3. The molecule has 27 heavy (non-hydrogen) atoms. The first kappa shape index (κ1) is 21.7. The van der Waals surface area contributed by atoms with Crippen LogP contribution in [0.2, 0.25) is 5.02 Å². The predicted octanol–water partition coefficient (Wildman–Crippen LogP) is 4.43. The van der Waals surface area contributed by atoms with Gasteiger partial charge in [-0.25, -0.2) is 8.42 Å². The summed E-state index contributed by atoms with van der Waals surface area (Å²) in [5.74, 6) is -0.828. The number of halogens is 5. The van der Waals surface area contributed by atoms with E-state index in [0.717, 1.165) is 6.07 Å². The SMILES string of the molecule is CC(NS(=O)(=O)c1ccc(Br)cc1)C(=O)Nc1ccc(Cl)c(C(F)(F)F)c1. The van der Waals surface area contributed by atoms with Crippen LogP contribution >= 0.6 is 27.5 Å². The molecule has 146 valence electrons. The minimum absolute atomic E-state index is 0.0591. The number of benzene rings is 2. The first-order valence-corrected chi connectivity index (χ1v) is 10.0. The van der Waals surface area contributed by atoms with E-state index in [1.165, 1.54) is 37.3 Å². The molecule has 2 rings (SSSR count). The van der Waals surface area contributed by atoms with Crippen LogP contribution in [0.5, 0.6) is 0 Å². The van der Waals surface area contributed by atoms with Gasteiger partial charge in [-0.15, -0.1) is 0 Å². The third-order valence-corrected chi connectivity index (χ3v) is 5.80. The summed E-state index contributed by atoms with van der Waals surface area (Å²) in [6.45, 7) is 1.27. The lowest BCUT2D eigenvalue weighted by atomic mass is 10.2. The molecule has 0 saturated carbocycles. The Kier molecular flexibility index (Phi) is 6.56. The van der Waals surface area contributed by atoms with E-state index in [1.54, 1.807) is 0 Å². The largest absolute Gasteiger partial charge is 0.417 e. The molecule has 0 saturated heterocycles. The van der Waals surface area contributed by atoms with E-state index in [9.17, 15) is 26.4 Å². The molecule has 11 heteroatoms. The van der Waals surface area contributed by atoms with Crippen molar-refractivity contribution in [1.82, 2.24) is 4.72 Å². The Morgan fingerprint density at radius 1 is 1.15 bits per heavy atom. The Morgan fingerprint density at radius 3 is 2.30 bits per heavy atom. The highest BCUT2D eigenvalue weighted by Crippen LogP contribution is 2.36. The van der Waals surface area contributed by atoms with Crippen molar-refractivity contribution in [2.75, 3.05) is 5.32 Å². The summed E-state index contributed by atoms with van der Waals surface area (Å²) in [4.78, 5) is 12.1. The van der Waals surface area contributed by atoms with Crippen LogP contribution in [0.1, 0.15) is 12.5 Å². The number of hydrogen-bond donors (Lipinski definition) is 2. The summed E-state index contributed by atoms with van der Waals surface area (Å²) in [6, 6.07) is 7.34. The maximum absolute atomic E-state index is 12.9. The van der Waals surface area contributed by atoms with Crippen LogP contribution < -0.4 is 10.0 Å². The first-order chi connectivity index (χ1) is 12.4. The Balaban J connectivity index is 2.13. The molecule has 2 aromatic rings. The van der Waals surface area contributed by atoms with Gasteiger partial charge in [0.15, 0.2) is 0 Å². The second-order valence-electron chi connectivity index (χ2n) is 5.48. The summed E-state index contributed by atoms with van der Waals surface area (Å²) in [7, 11) is -3.98. The monoisotopic (exact) mass is 484 g/mol. The fraction of sp³-hybridized carbons (Fsp3) is 0.188. The van der Waals surface area contributed by atoms with Crippen LogP contribution in [-0.4, -0.2) is 20.4 Å². The lowest BCUT2D eigenvalue weighted by molar-refractivity contribution is -0.137. The minimum atomic E-state index is -4.69. The van der Waals surface area contributed by atoms with Crippen LogP contribution in [0.25, 0.3) is 0 Å². The van der Waals surface area contributed by atoms with Gasteiger partial charge in [0.25, 0.3) is 0 Å². The van der Waals surface area contributed by atoms with Gasteiger partial charge < -0.3 is 5.32 Å². The molecule has 1 atom stereocenters. The van der Waals surface area contributed by atoms with E-state index in [2.05, 4.69) is 26.0 Å². The molecule has 0 radical (unpaired) electrons. The van der Waals surface area contributed by atoms with E-state index < -0.39 is 38.7 Å². The topological polar surface area (TPSA) is 75.3 Å². The van der Waals surface area contributed by atoms with Crippen LogP contribution in [0.15, 0.2) is 51.8 Å². The summed E-state index contributed by atoms with van der Waals surface area (Å²) in [5, 5.41) is 1.72. The zero-order chi connectivity index (χ0) is 20.4. The molecular weight excluding hydrogens is 473 g/mol. The third kappa shape index (κ3) is 5.68. The van der Waals surface area contributed by atoms with Gasteiger partial charge in [-0.3, -0.25) is 4.79 Å². The number of hydrogen-bond acceptors (Lipinski definition) is 3. The maximum Gasteiger partial charge on any atom is 0.417 e. The Morgan fingerprint density at radius 2 is 1.74 bits per heavy atom. The van der Waals surface area contributed by atoms with Crippen molar-refractivity contribution in [3.05, 3.63) is 57.5 Å². The standard InChI is InChI=1S/C16H13BrClF3N2O3S/c1-9(23-27(25,26)12-5-2-10(17)3-6-12)15(24)22-11-4-7-14(18)13(8-11)16(19,20)21/h2-9,23H,1H3,(H,22,24). The highest BCUT2D eigenvalue weighted by atomic mass is 79.9. The quantitative estimate of drug-likeness (QED) is 0.658. The van der Waals surface area contributed by atoms with Crippen molar-refractivity contribution in [1.29, 1.82) is 0 Å². The van der Waals surface area contributed by atoms with Crippen LogP contribution in [0, 0.1) is 0 Å². The van der Waals surface area contributed by atoms with Gasteiger partial charge in [-0.05, 0) is 49.4 Å². The highest BCUT2D eigenvalue weighted by Gasteiger charge is 2.33. The van der Waals surface area contributed by atoms with Gasteiger partial charge in [0.2, 0.25) is 15.9 Å². The Labute approximate surface area is 167 Å². The van der Waals surface area contributed by atoms with Crippen LogP contribution in [-0.2, 0) is 21.0 Å². The molecule has 1 amide bonds. The second-order valence-corrected chi connectivity index (χ2v) is 8.52. The van der Waals surface area contributed by atoms with Crippen LogP contribution in [0.4, 0.5) is 18.9 Å². The van der Waals surface area contributed by atoms with Gasteiger partial charge in [0.1, 0.15) is 0 Å². The lowest BCUT2D eigenvalue weighted by Gasteiger charge is -2.16. The summed E-state index contributed by atoms with van der Waals surface area (Å²) in [6.07, 6.45) is -4.69. The zero-order valence-corrected chi connectivity index (χ0v) is 16.8. The number of sulfonamides is 1. The molecule has 5 nitrogen and oxygen atoms in total. The predicted molar refractivity (Wildman–Crippen MR) is 99.0 cm³/mol. The second kappa shape index (κ2) is 8.17. The number of nitrogens with one attached hydrogen (secondary N) is 2. The van der Waals surface area contributed by atoms with Crippen molar-refractivity contribution in [3.63, 3.8) is 0 Å². The van der Waals surface area contributed by atoms with E-state index >= 15 is 0 Å². The minimum Gasteiger partial charge on any atom is -0.325 e. The average Bonchev–Trinajstić information content (AvgIpc) is 2.55. The molecule has 0 fully saturated rings. The van der Waals surface area contributed by atoms with E-state index in [-0.39, 0.29) is 10.6 Å². The van der Waals surface area contributed by atoms with Crippen molar-refractivity contribution < 1.29 is 26.4 Å². The third-order valence-electron chi connectivity index (χ3n) is 3.39. The average molecular weight is 486 g/mol. The summed E-state index contributed by atoms with van der Waals surface area (Å²) in [5.41, 5.74) is -1.27. The van der Waals surface area contributed by atoms with E-state index in [4.69, 9.17) is 11.6 Å². The highest BCUT2D eigenvalue weighted by molar-refractivity contribution is 9.10. The smallest absolute Gasteiger partial charge is 0.325 e. The van der Waals surface area contributed by atoms with Crippen LogP contribution in [0.3, 0.4) is 0 Å². The van der Waals surface area contributed by atoms with Crippen molar-refractivity contribution in [2.24, 2.45) is 0 Å². The van der Waals surface area contributed by atoms with Gasteiger partial charge in [-0.1, -0.05) is 27.5 Å². The summed E-state index contributed by atoms with van der Waals surface area (Å²) < 4.78 is 66.0. The summed E-state index contributed by atoms with van der Waals surface area (Å²) >= 11 is 8.70.